The van der Waals surface area contributed by atoms with Crippen LogP contribution in [-0.4, -0.2) is 150 Å². The van der Waals surface area contributed by atoms with Crippen LogP contribution in [0.2, 0.25) is 0 Å². The van der Waals surface area contributed by atoms with Crippen LogP contribution in [0.4, 0.5) is 5.82 Å². The molecular formula is C91H161N9O6. The summed E-state index contributed by atoms with van der Waals surface area (Å²) in [6.45, 7) is 23.4. The minimum atomic E-state index is -0.354. The first-order chi connectivity index (χ1) is 52.3. The number of nitrogens with zero attached hydrogens (tertiary/aromatic N) is 7. The summed E-state index contributed by atoms with van der Waals surface area (Å²) in [6.07, 6.45) is 78.8. The fraction of sp³-hybridized carbons (Fsp3) is 0.791. The number of unbranched alkanes of at least 4 members (excludes halogenated alkanes) is 39. The van der Waals surface area contributed by atoms with Gasteiger partial charge in [-0.05, 0) is 205 Å². The Bertz CT molecular complexity index is 2660. The van der Waals surface area contributed by atoms with Crippen molar-refractivity contribution in [3.8, 4) is 6.01 Å². The van der Waals surface area contributed by atoms with E-state index in [9.17, 15) is 14.4 Å². The number of H-pyrrole nitrogens is 1. The first-order valence-electron chi connectivity index (χ1n) is 44.8. The largest absolute Gasteiger partial charge is 0.465 e. The first-order valence-corrected chi connectivity index (χ1v) is 44.8. The number of allylic oxidation sites excluding steroid dienone is 6. The van der Waals surface area contributed by atoms with Gasteiger partial charge in [0.25, 0.3) is 0 Å². The molecule has 1 fully saturated rings. The average Bonchev–Trinajstić information content (AvgIpc) is 1.63. The van der Waals surface area contributed by atoms with E-state index in [-0.39, 0.29) is 29.4 Å². The maximum absolute atomic E-state index is 13.9. The number of nitrogens with one attached hydrogen (secondary N) is 2. The molecule has 2 N–H and O–H groups in total. The average molecular weight is 1480 g/mol. The van der Waals surface area contributed by atoms with Crippen molar-refractivity contribution in [1.29, 1.82) is 0 Å². The van der Waals surface area contributed by atoms with Crippen molar-refractivity contribution in [3.63, 3.8) is 0 Å². The van der Waals surface area contributed by atoms with E-state index in [2.05, 4.69) is 94.1 Å². The monoisotopic (exact) mass is 1480 g/mol. The van der Waals surface area contributed by atoms with E-state index in [4.69, 9.17) is 24.2 Å². The molecule has 15 heteroatoms. The Kier molecular flexibility index (Phi) is 59.4. The summed E-state index contributed by atoms with van der Waals surface area (Å²) in [7, 11) is 1.41. The third kappa shape index (κ3) is 48.8. The van der Waals surface area contributed by atoms with Crippen molar-refractivity contribution in [2.75, 3.05) is 104 Å². The normalized spacial score (nSPS) is 13.1. The molecule has 0 bridgehead atoms. The second kappa shape index (κ2) is 67.2. The number of methoxy groups -OCH3 is 1. The Balaban J connectivity index is 1.33. The van der Waals surface area contributed by atoms with E-state index in [1.54, 1.807) is 10.6 Å². The van der Waals surface area contributed by atoms with Crippen LogP contribution in [0, 0.1) is 0 Å². The Morgan fingerprint density at radius 1 is 0.481 bits per heavy atom. The number of rotatable bonds is 74. The molecule has 0 aliphatic carbocycles. The molecule has 1 aliphatic rings. The lowest BCUT2D eigenvalue weighted by atomic mass is 10.1. The van der Waals surface area contributed by atoms with Gasteiger partial charge in [-0.25, -0.2) is 9.59 Å². The number of hydrogen-bond acceptors (Lipinski definition) is 12. The number of fused-ring (bicyclic) bond motifs is 1. The fourth-order valence-electron chi connectivity index (χ4n) is 14.8. The van der Waals surface area contributed by atoms with Crippen LogP contribution < -0.4 is 15.7 Å². The molecular weight excluding hydrogens is 1320 g/mol. The number of esters is 1. The second-order valence-electron chi connectivity index (χ2n) is 31.2. The minimum Gasteiger partial charge on any atom is -0.465 e. The van der Waals surface area contributed by atoms with Crippen molar-refractivity contribution in [1.82, 2.24) is 39.1 Å². The standard InChI is InChI=1S/C91H161N9O6/c1-6-10-14-17-20-23-26-29-32-35-38-41-44-47-50-55-66-96(67-56-51-48-45-42-39-36-33-30-27-24-21-18-15-11-7-2)70-60-71-97(68-57-52-49-46-43-40-37-34-31-28-25-22-19-16-12-8-3)69-58-53-54-65-85(101)92-87-86-88(95-90(94-87)106-78-13-9-4)100(91(103)93-86)75-62-74-99(73-61-72-98-76-79-105-80-77-98)82-83-63-59-64-84(81-83)89(102)104-5/h29-34,59,63-64,81H,6-28,35-58,60-62,65-80,82H2,1-5H3,(H,93,103)(H,92,94,95,101)/b32-29-,33-30-,34-31-. The number of ether oxygens (including phenoxy) is 3. The molecule has 4 rings (SSSR count). The molecule has 1 saturated heterocycles. The molecule has 0 spiro atoms. The molecule has 0 saturated carbocycles. The predicted molar refractivity (Wildman–Crippen MR) is 451 cm³/mol. The Hall–Kier alpha value is -4.67. The van der Waals surface area contributed by atoms with Gasteiger partial charge in [-0.2, -0.15) is 9.97 Å². The zero-order chi connectivity index (χ0) is 75.5. The summed E-state index contributed by atoms with van der Waals surface area (Å²) < 4.78 is 18.4. The van der Waals surface area contributed by atoms with Gasteiger partial charge in [0.2, 0.25) is 5.91 Å². The number of carbonyl (C=O) groups is 2. The van der Waals surface area contributed by atoms with Gasteiger partial charge in [0.05, 0.1) is 32.5 Å². The van der Waals surface area contributed by atoms with Gasteiger partial charge in [0.15, 0.2) is 11.5 Å². The smallest absolute Gasteiger partial charge is 0.337 e. The number of amides is 1. The van der Waals surface area contributed by atoms with Gasteiger partial charge in [-0.3, -0.25) is 19.2 Å². The van der Waals surface area contributed by atoms with Crippen LogP contribution in [0.25, 0.3) is 11.2 Å². The van der Waals surface area contributed by atoms with Gasteiger partial charge < -0.3 is 34.3 Å². The highest BCUT2D eigenvalue weighted by atomic mass is 16.5. The second-order valence-corrected chi connectivity index (χ2v) is 31.2. The molecule has 1 amide bonds. The van der Waals surface area contributed by atoms with Crippen LogP contribution in [0.5, 0.6) is 6.01 Å². The lowest BCUT2D eigenvalue weighted by Gasteiger charge is -2.28. The van der Waals surface area contributed by atoms with Crippen molar-refractivity contribution in [3.05, 3.63) is 82.3 Å². The molecule has 3 heterocycles. The highest BCUT2D eigenvalue weighted by molar-refractivity contribution is 5.97. The highest BCUT2D eigenvalue weighted by Crippen LogP contribution is 2.24. The third-order valence-corrected chi connectivity index (χ3v) is 21.5. The Morgan fingerprint density at radius 2 is 0.887 bits per heavy atom. The van der Waals surface area contributed by atoms with Gasteiger partial charge in [-0.1, -0.05) is 262 Å². The summed E-state index contributed by atoms with van der Waals surface area (Å²) >= 11 is 0. The van der Waals surface area contributed by atoms with E-state index in [0.29, 0.717) is 55.8 Å². The quantitative estimate of drug-likeness (QED) is 0.0315. The maximum atomic E-state index is 13.9. The van der Waals surface area contributed by atoms with Crippen LogP contribution >= 0.6 is 0 Å². The SMILES string of the molecule is CCCCCCCC/C=C\CCCCCCCCN(CCCCCCCC/C=C\CCCCCCCC)CCCN(CCCCCCCC/C=C\CCCCCCCC)CCCCCC(=O)Nc1nc(OCCCC)nc2c1[nH]c(=O)n2CCCN(CCCN1CCOCC1)Cc1cccc(C(=O)OC)c1. The number of aryl methyl sites for hydroxylation is 1. The van der Waals surface area contributed by atoms with Crippen molar-refractivity contribution in [2.24, 2.45) is 0 Å². The van der Waals surface area contributed by atoms with E-state index in [1.807, 2.05) is 18.2 Å². The molecule has 0 atom stereocenters. The van der Waals surface area contributed by atoms with Gasteiger partial charge >= 0.3 is 17.7 Å². The zero-order valence-electron chi connectivity index (χ0n) is 69.2. The van der Waals surface area contributed by atoms with Gasteiger partial charge in [-0.15, -0.1) is 0 Å². The number of carbonyl (C=O) groups excluding carboxylic acids is 2. The topological polar surface area (TPSA) is 150 Å². The minimum absolute atomic E-state index is 0.123. The molecule has 3 aromatic rings. The van der Waals surface area contributed by atoms with Gasteiger partial charge in [0.1, 0.15) is 5.52 Å². The number of benzene rings is 1. The Labute approximate surface area is 649 Å². The van der Waals surface area contributed by atoms with E-state index < -0.39 is 0 Å². The molecule has 1 aromatic carbocycles. The number of anilines is 1. The maximum Gasteiger partial charge on any atom is 0.337 e. The third-order valence-electron chi connectivity index (χ3n) is 21.5. The molecule has 0 radical (unpaired) electrons. The molecule has 1 aliphatic heterocycles. The van der Waals surface area contributed by atoms with Crippen molar-refractivity contribution >= 4 is 28.9 Å². The predicted octanol–water partition coefficient (Wildman–Crippen LogP) is 23.3. The summed E-state index contributed by atoms with van der Waals surface area (Å²) in [4.78, 5) is 63.2. The Morgan fingerprint density at radius 3 is 1.34 bits per heavy atom. The number of aromatic nitrogens is 4. The van der Waals surface area contributed by atoms with Crippen LogP contribution in [-0.2, 0) is 27.4 Å². The number of hydrogen-bond donors (Lipinski definition) is 2. The molecule has 0 unspecified atom stereocenters. The number of morpholine rings is 1. The first kappa shape index (κ1) is 93.7. The molecule has 106 heavy (non-hydrogen) atoms. The molecule has 15 nitrogen and oxygen atoms in total. The van der Waals surface area contributed by atoms with E-state index in [1.165, 1.54) is 303 Å². The summed E-state index contributed by atoms with van der Waals surface area (Å²) in [5.74, 6) is -0.196. The molecule has 606 valence electrons. The zero-order valence-corrected chi connectivity index (χ0v) is 69.2. The molecule has 2 aromatic heterocycles. The number of imidazole rings is 1. The van der Waals surface area contributed by atoms with Crippen LogP contribution in [0.1, 0.15) is 371 Å². The highest BCUT2D eigenvalue weighted by Gasteiger charge is 2.20. The van der Waals surface area contributed by atoms with E-state index >= 15 is 0 Å². The summed E-state index contributed by atoms with van der Waals surface area (Å²) in [5, 5.41) is 3.09. The fourth-order valence-corrected chi connectivity index (χ4v) is 14.8. The van der Waals surface area contributed by atoms with E-state index in [0.717, 1.165) is 103 Å². The number of aromatic amines is 1. The summed E-state index contributed by atoms with van der Waals surface area (Å²) in [6, 6.07) is 7.79. The summed E-state index contributed by atoms with van der Waals surface area (Å²) in [5.41, 5.74) is 2.09. The van der Waals surface area contributed by atoms with Crippen molar-refractivity contribution in [2.45, 2.75) is 368 Å². The van der Waals surface area contributed by atoms with Crippen LogP contribution in [0.15, 0.2) is 65.5 Å². The van der Waals surface area contributed by atoms with Crippen LogP contribution in [0.3, 0.4) is 0 Å². The van der Waals surface area contributed by atoms with Gasteiger partial charge in [0, 0.05) is 39.1 Å². The lowest BCUT2D eigenvalue weighted by Crippen LogP contribution is -2.38. The van der Waals surface area contributed by atoms with Crippen molar-refractivity contribution < 1.29 is 23.8 Å². The lowest BCUT2D eigenvalue weighted by molar-refractivity contribution is -0.116.